The van der Waals surface area contributed by atoms with Gasteiger partial charge in [0.25, 0.3) is 5.91 Å². The minimum Gasteiger partial charge on any atom is -0.496 e. The van der Waals surface area contributed by atoms with Gasteiger partial charge in [-0.25, -0.2) is 14.4 Å². The third-order valence-corrected chi connectivity index (χ3v) is 5.92. The molecule has 0 aliphatic heterocycles. The quantitative estimate of drug-likeness (QED) is 0.416. The lowest BCUT2D eigenvalue weighted by Crippen LogP contribution is -2.13. The first-order valence-electron chi connectivity index (χ1n) is 8.93. The molecule has 0 atom stereocenters. The molecule has 0 saturated heterocycles. The molecule has 0 radical (unpaired) electrons. The Bertz CT molecular complexity index is 1180. The summed E-state index contributed by atoms with van der Waals surface area (Å²) in [5, 5.41) is 5.56. The second kappa shape index (κ2) is 9.06. The number of nitrogens with zero attached hydrogens (tertiary/aromatic N) is 2. The molecule has 0 spiro atoms. The minimum atomic E-state index is -0.387. The van der Waals surface area contributed by atoms with Crippen LogP contribution in [-0.4, -0.2) is 23.0 Å². The molecule has 0 aliphatic carbocycles. The van der Waals surface area contributed by atoms with Gasteiger partial charge in [0, 0.05) is 22.0 Å². The third kappa shape index (κ3) is 4.50. The maximum absolute atomic E-state index is 13.7. The molecule has 4 rings (SSSR count). The summed E-state index contributed by atoms with van der Waals surface area (Å²) in [4.78, 5) is 22.6. The average molecular weight is 438 g/mol. The van der Waals surface area contributed by atoms with Crippen LogP contribution in [-0.2, 0) is 0 Å². The number of carbonyl (C=O) groups excluding carboxylic acids is 1. The molecule has 4 aromatic rings. The first-order chi connectivity index (χ1) is 14.6. The normalized spacial score (nSPS) is 10.6. The lowest BCUT2D eigenvalue weighted by molar-refractivity contribution is 0.102. The van der Waals surface area contributed by atoms with Crippen LogP contribution in [0.4, 0.5) is 9.52 Å². The highest BCUT2D eigenvalue weighted by atomic mass is 32.2. The van der Waals surface area contributed by atoms with Gasteiger partial charge in [0.15, 0.2) is 5.13 Å². The van der Waals surface area contributed by atoms with Gasteiger partial charge in [0.1, 0.15) is 16.6 Å². The van der Waals surface area contributed by atoms with Crippen LogP contribution >= 0.6 is 23.1 Å². The van der Waals surface area contributed by atoms with E-state index in [0.29, 0.717) is 32.7 Å². The summed E-state index contributed by atoms with van der Waals surface area (Å²) in [6.07, 6.45) is 1.65. The fourth-order valence-corrected chi connectivity index (χ4v) is 4.35. The Kier molecular flexibility index (Phi) is 6.06. The Balaban J connectivity index is 1.56. The third-order valence-electron chi connectivity index (χ3n) is 4.14. The lowest BCUT2D eigenvalue weighted by atomic mass is 10.1. The Hall–Kier alpha value is -3.23. The van der Waals surface area contributed by atoms with Crippen molar-refractivity contribution >= 4 is 34.1 Å². The Labute approximate surface area is 181 Å². The average Bonchev–Trinajstić information content (AvgIpc) is 3.23. The molecule has 0 unspecified atom stereocenters. The van der Waals surface area contributed by atoms with E-state index < -0.39 is 0 Å². The molecule has 2 aromatic carbocycles. The van der Waals surface area contributed by atoms with Crippen molar-refractivity contribution in [2.24, 2.45) is 0 Å². The maximum atomic E-state index is 13.7. The summed E-state index contributed by atoms with van der Waals surface area (Å²) < 4.78 is 19.0. The summed E-state index contributed by atoms with van der Waals surface area (Å²) in [6, 6.07) is 17.4. The molecular weight excluding hydrogens is 421 g/mol. The van der Waals surface area contributed by atoms with E-state index in [-0.39, 0.29) is 11.7 Å². The molecule has 0 bridgehead atoms. The number of pyridine rings is 1. The summed E-state index contributed by atoms with van der Waals surface area (Å²) in [5.74, 6) is -0.190. The minimum absolute atomic E-state index is 0.311. The summed E-state index contributed by atoms with van der Waals surface area (Å²) in [5.41, 5.74) is 1.50. The number of thiazole rings is 1. The second-order valence-corrected chi connectivity index (χ2v) is 8.03. The molecule has 2 heterocycles. The molecule has 2 aromatic heterocycles. The topological polar surface area (TPSA) is 64.1 Å². The van der Waals surface area contributed by atoms with Gasteiger partial charge in [-0.15, -0.1) is 11.3 Å². The van der Waals surface area contributed by atoms with E-state index in [1.807, 2.05) is 30.3 Å². The Morgan fingerprint density at radius 3 is 2.77 bits per heavy atom. The van der Waals surface area contributed by atoms with Crippen molar-refractivity contribution < 1.29 is 13.9 Å². The van der Waals surface area contributed by atoms with Gasteiger partial charge in [0.05, 0.1) is 18.4 Å². The summed E-state index contributed by atoms with van der Waals surface area (Å²) in [7, 11) is 1.51. The number of rotatable bonds is 6. The second-order valence-electron chi connectivity index (χ2n) is 6.11. The van der Waals surface area contributed by atoms with Gasteiger partial charge in [0.2, 0.25) is 0 Å². The van der Waals surface area contributed by atoms with Crippen molar-refractivity contribution in [2.75, 3.05) is 12.4 Å². The number of halogens is 1. The van der Waals surface area contributed by atoms with Crippen molar-refractivity contribution in [2.45, 2.75) is 9.92 Å². The van der Waals surface area contributed by atoms with Crippen LogP contribution in [0.25, 0.3) is 11.3 Å². The first-order valence-corrected chi connectivity index (χ1v) is 10.6. The molecule has 0 aliphatic rings. The van der Waals surface area contributed by atoms with Crippen molar-refractivity contribution in [1.29, 1.82) is 0 Å². The fourth-order valence-electron chi connectivity index (χ4n) is 2.74. The van der Waals surface area contributed by atoms with Crippen LogP contribution in [0.15, 0.2) is 82.2 Å². The number of carbonyl (C=O) groups is 1. The SMILES string of the molecule is COc1ccc(F)cc1-c1csc(NC(=O)c2cccnc2Sc2ccccc2)n1. The Morgan fingerprint density at radius 1 is 1.13 bits per heavy atom. The van der Waals surface area contributed by atoms with Gasteiger partial charge in [-0.2, -0.15) is 0 Å². The van der Waals surface area contributed by atoms with Crippen molar-refractivity contribution in [3.05, 3.63) is 83.6 Å². The van der Waals surface area contributed by atoms with E-state index in [4.69, 9.17) is 4.74 Å². The number of anilines is 1. The van der Waals surface area contributed by atoms with Crippen molar-refractivity contribution in [3.8, 4) is 17.0 Å². The Morgan fingerprint density at radius 2 is 1.97 bits per heavy atom. The van der Waals surface area contributed by atoms with Gasteiger partial charge in [-0.1, -0.05) is 30.0 Å². The molecule has 150 valence electrons. The highest BCUT2D eigenvalue weighted by Gasteiger charge is 2.17. The smallest absolute Gasteiger partial charge is 0.260 e. The molecule has 8 heteroatoms. The largest absolute Gasteiger partial charge is 0.496 e. The predicted octanol–water partition coefficient (Wildman–Crippen LogP) is 5.76. The van der Waals surface area contributed by atoms with E-state index in [9.17, 15) is 9.18 Å². The van der Waals surface area contributed by atoms with E-state index in [1.165, 1.54) is 42.3 Å². The van der Waals surface area contributed by atoms with Crippen LogP contribution in [0.5, 0.6) is 5.75 Å². The fraction of sp³-hybridized carbons (Fsp3) is 0.0455. The zero-order chi connectivity index (χ0) is 20.9. The monoisotopic (exact) mass is 437 g/mol. The van der Waals surface area contributed by atoms with Gasteiger partial charge in [-0.3, -0.25) is 10.1 Å². The number of amides is 1. The molecule has 0 fully saturated rings. The maximum Gasteiger partial charge on any atom is 0.260 e. The zero-order valence-electron chi connectivity index (χ0n) is 15.8. The van der Waals surface area contributed by atoms with Gasteiger partial charge < -0.3 is 4.74 Å². The van der Waals surface area contributed by atoms with E-state index in [0.717, 1.165) is 4.90 Å². The van der Waals surface area contributed by atoms with Crippen LogP contribution in [0.2, 0.25) is 0 Å². The van der Waals surface area contributed by atoms with E-state index >= 15 is 0 Å². The lowest BCUT2D eigenvalue weighted by Gasteiger charge is -2.08. The summed E-state index contributed by atoms with van der Waals surface area (Å²) >= 11 is 2.67. The first kappa shape index (κ1) is 20.1. The number of hydrogen-bond acceptors (Lipinski definition) is 6. The van der Waals surface area contributed by atoms with Gasteiger partial charge in [-0.05, 0) is 42.5 Å². The summed E-state index contributed by atoms with van der Waals surface area (Å²) in [6.45, 7) is 0. The van der Waals surface area contributed by atoms with E-state index in [1.54, 1.807) is 29.8 Å². The number of hydrogen-bond donors (Lipinski definition) is 1. The number of methoxy groups -OCH3 is 1. The number of aromatic nitrogens is 2. The highest BCUT2D eigenvalue weighted by molar-refractivity contribution is 7.99. The van der Waals surface area contributed by atoms with Crippen LogP contribution in [0, 0.1) is 5.82 Å². The van der Waals surface area contributed by atoms with E-state index in [2.05, 4.69) is 15.3 Å². The highest BCUT2D eigenvalue weighted by Crippen LogP contribution is 2.33. The van der Waals surface area contributed by atoms with Crippen molar-refractivity contribution in [3.63, 3.8) is 0 Å². The number of ether oxygens (including phenoxy) is 1. The molecular formula is C22H16FN3O2S2. The van der Waals surface area contributed by atoms with Crippen LogP contribution < -0.4 is 10.1 Å². The molecule has 0 saturated carbocycles. The number of benzene rings is 2. The van der Waals surface area contributed by atoms with Crippen LogP contribution in [0.1, 0.15) is 10.4 Å². The predicted molar refractivity (Wildman–Crippen MR) is 117 cm³/mol. The molecule has 5 nitrogen and oxygen atoms in total. The standard InChI is InChI=1S/C22H16FN3O2S2/c1-28-19-10-9-14(23)12-17(19)18-13-29-22(25-18)26-20(27)16-8-5-11-24-21(16)30-15-6-3-2-4-7-15/h2-13H,1H3,(H,25,26,27). The molecule has 1 N–H and O–H groups in total. The molecule has 1 amide bonds. The van der Waals surface area contributed by atoms with Gasteiger partial charge >= 0.3 is 0 Å². The van der Waals surface area contributed by atoms with Crippen molar-refractivity contribution in [1.82, 2.24) is 9.97 Å². The zero-order valence-corrected chi connectivity index (χ0v) is 17.5. The van der Waals surface area contributed by atoms with Crippen LogP contribution in [0.3, 0.4) is 0 Å². The molecule has 30 heavy (non-hydrogen) atoms. The number of nitrogens with one attached hydrogen (secondary N) is 1.